The van der Waals surface area contributed by atoms with Crippen molar-refractivity contribution in [2.75, 3.05) is 0 Å². The largest absolute Gasteiger partial charge is 0.417 e. The first-order valence-corrected chi connectivity index (χ1v) is 6.51. The Morgan fingerprint density at radius 1 is 1.09 bits per heavy atom. The number of rotatable bonds is 2. The SMILES string of the molecule is N#Cc1c(Cc2ccccc2)nc2ccc(C(F)(F)F)cn12. The average Bonchev–Trinajstić information content (AvgIpc) is 2.83. The maximum absolute atomic E-state index is 12.8. The minimum atomic E-state index is -4.45. The summed E-state index contributed by atoms with van der Waals surface area (Å²) in [7, 11) is 0. The van der Waals surface area contributed by atoms with Crippen molar-refractivity contribution in [3.63, 3.8) is 0 Å². The van der Waals surface area contributed by atoms with Gasteiger partial charge in [-0.2, -0.15) is 18.4 Å². The molecule has 110 valence electrons. The number of aromatic nitrogens is 2. The molecule has 22 heavy (non-hydrogen) atoms. The quantitative estimate of drug-likeness (QED) is 0.722. The van der Waals surface area contributed by atoms with E-state index in [1.165, 1.54) is 10.5 Å². The van der Waals surface area contributed by atoms with Crippen LogP contribution in [0, 0.1) is 11.3 Å². The van der Waals surface area contributed by atoms with Crippen LogP contribution in [0.4, 0.5) is 13.2 Å². The van der Waals surface area contributed by atoms with E-state index in [4.69, 9.17) is 0 Å². The standard InChI is InChI=1S/C16H10F3N3/c17-16(18,19)12-6-7-15-21-13(14(9-20)22(15)10-12)8-11-4-2-1-3-5-11/h1-7,10H,8H2. The van der Waals surface area contributed by atoms with Crippen LogP contribution in [0.5, 0.6) is 0 Å². The number of benzene rings is 1. The van der Waals surface area contributed by atoms with Crippen molar-refractivity contribution in [3.05, 3.63) is 71.2 Å². The molecule has 2 heterocycles. The lowest BCUT2D eigenvalue weighted by Crippen LogP contribution is -2.06. The molecule has 2 aromatic heterocycles. The van der Waals surface area contributed by atoms with E-state index in [0.717, 1.165) is 17.8 Å². The maximum atomic E-state index is 12.8. The summed E-state index contributed by atoms with van der Waals surface area (Å²) in [6.45, 7) is 0. The van der Waals surface area contributed by atoms with Crippen LogP contribution in [0.1, 0.15) is 22.5 Å². The second kappa shape index (κ2) is 5.19. The van der Waals surface area contributed by atoms with E-state index >= 15 is 0 Å². The second-order valence-electron chi connectivity index (χ2n) is 4.83. The van der Waals surface area contributed by atoms with Gasteiger partial charge in [-0.1, -0.05) is 30.3 Å². The molecule has 0 atom stereocenters. The van der Waals surface area contributed by atoms with Gasteiger partial charge in [-0.05, 0) is 17.7 Å². The van der Waals surface area contributed by atoms with Gasteiger partial charge in [-0.15, -0.1) is 0 Å². The van der Waals surface area contributed by atoms with Crippen molar-refractivity contribution in [2.24, 2.45) is 0 Å². The maximum Gasteiger partial charge on any atom is 0.417 e. The molecule has 0 saturated heterocycles. The first kappa shape index (κ1) is 14.1. The van der Waals surface area contributed by atoms with Gasteiger partial charge in [0.1, 0.15) is 17.4 Å². The van der Waals surface area contributed by atoms with Crippen LogP contribution in [0.2, 0.25) is 0 Å². The summed E-state index contributed by atoms with van der Waals surface area (Å²) in [6, 6.07) is 13.5. The summed E-state index contributed by atoms with van der Waals surface area (Å²) in [4.78, 5) is 4.28. The highest BCUT2D eigenvalue weighted by Gasteiger charge is 2.31. The van der Waals surface area contributed by atoms with Crippen molar-refractivity contribution in [3.8, 4) is 6.07 Å². The summed E-state index contributed by atoms with van der Waals surface area (Å²) in [5.41, 5.74) is 1.06. The molecule has 6 heteroatoms. The smallest absolute Gasteiger partial charge is 0.290 e. The molecular formula is C16H10F3N3. The monoisotopic (exact) mass is 301 g/mol. The average molecular weight is 301 g/mol. The summed E-state index contributed by atoms with van der Waals surface area (Å²) >= 11 is 0. The second-order valence-corrected chi connectivity index (χ2v) is 4.83. The number of hydrogen-bond acceptors (Lipinski definition) is 2. The number of pyridine rings is 1. The molecule has 0 N–H and O–H groups in total. The fourth-order valence-electron chi connectivity index (χ4n) is 2.29. The fourth-order valence-corrected chi connectivity index (χ4v) is 2.29. The number of imidazole rings is 1. The van der Waals surface area contributed by atoms with E-state index in [0.29, 0.717) is 17.8 Å². The van der Waals surface area contributed by atoms with Gasteiger partial charge in [0, 0.05) is 12.6 Å². The predicted molar refractivity (Wildman–Crippen MR) is 74.2 cm³/mol. The summed E-state index contributed by atoms with van der Waals surface area (Å²) < 4.78 is 39.6. The molecule has 0 aliphatic rings. The highest BCUT2D eigenvalue weighted by Crippen LogP contribution is 2.30. The molecule has 0 aliphatic heterocycles. The molecule has 3 aromatic rings. The van der Waals surface area contributed by atoms with Gasteiger partial charge >= 0.3 is 6.18 Å². The summed E-state index contributed by atoms with van der Waals surface area (Å²) in [6.07, 6.45) is -3.15. The summed E-state index contributed by atoms with van der Waals surface area (Å²) in [5, 5.41) is 9.28. The van der Waals surface area contributed by atoms with Gasteiger partial charge in [-0.25, -0.2) is 4.98 Å². The Kier molecular flexibility index (Phi) is 3.33. The lowest BCUT2D eigenvalue weighted by molar-refractivity contribution is -0.137. The number of alkyl halides is 3. The Morgan fingerprint density at radius 2 is 1.82 bits per heavy atom. The van der Waals surface area contributed by atoms with Gasteiger partial charge in [0.15, 0.2) is 0 Å². The van der Waals surface area contributed by atoms with E-state index in [2.05, 4.69) is 4.98 Å². The molecule has 0 spiro atoms. The molecule has 3 nitrogen and oxygen atoms in total. The van der Waals surface area contributed by atoms with Gasteiger partial charge < -0.3 is 0 Å². The number of nitriles is 1. The lowest BCUT2D eigenvalue weighted by Gasteiger charge is -2.06. The van der Waals surface area contributed by atoms with E-state index in [1.54, 1.807) is 0 Å². The number of nitrogens with zero attached hydrogens (tertiary/aromatic N) is 3. The minimum absolute atomic E-state index is 0.130. The van der Waals surface area contributed by atoms with E-state index in [-0.39, 0.29) is 5.69 Å². The highest BCUT2D eigenvalue weighted by atomic mass is 19.4. The van der Waals surface area contributed by atoms with Gasteiger partial charge in [0.2, 0.25) is 0 Å². The normalized spacial score (nSPS) is 11.5. The predicted octanol–water partition coefficient (Wildman–Crippen LogP) is 3.82. The summed E-state index contributed by atoms with van der Waals surface area (Å²) in [5.74, 6) is 0. The van der Waals surface area contributed by atoms with Crippen LogP contribution < -0.4 is 0 Å². The van der Waals surface area contributed by atoms with Crippen LogP contribution in [0.15, 0.2) is 48.7 Å². The molecule has 0 radical (unpaired) electrons. The van der Waals surface area contributed by atoms with E-state index in [9.17, 15) is 18.4 Å². The Morgan fingerprint density at radius 3 is 2.45 bits per heavy atom. The molecule has 3 rings (SSSR count). The molecule has 0 saturated carbocycles. The van der Waals surface area contributed by atoms with Crippen molar-refractivity contribution in [1.29, 1.82) is 5.26 Å². The number of fused-ring (bicyclic) bond motifs is 1. The molecule has 0 amide bonds. The molecule has 0 bridgehead atoms. The Bertz CT molecular complexity index is 858. The zero-order valence-corrected chi connectivity index (χ0v) is 11.3. The van der Waals surface area contributed by atoms with E-state index < -0.39 is 11.7 Å². The van der Waals surface area contributed by atoms with Gasteiger partial charge in [0.05, 0.1) is 11.3 Å². The fraction of sp³-hybridized carbons (Fsp3) is 0.125. The van der Waals surface area contributed by atoms with Crippen LogP contribution in [-0.4, -0.2) is 9.38 Å². The number of halogens is 3. The third kappa shape index (κ3) is 2.53. The van der Waals surface area contributed by atoms with Crippen LogP contribution >= 0.6 is 0 Å². The molecule has 0 aliphatic carbocycles. The molecular weight excluding hydrogens is 291 g/mol. The van der Waals surface area contributed by atoms with Crippen LogP contribution in [0.3, 0.4) is 0 Å². The third-order valence-electron chi connectivity index (χ3n) is 3.34. The molecule has 0 unspecified atom stereocenters. The van der Waals surface area contributed by atoms with E-state index in [1.807, 2.05) is 36.4 Å². The van der Waals surface area contributed by atoms with Crippen LogP contribution in [-0.2, 0) is 12.6 Å². The molecule has 1 aromatic carbocycles. The van der Waals surface area contributed by atoms with Gasteiger partial charge in [-0.3, -0.25) is 4.40 Å². The zero-order chi connectivity index (χ0) is 15.7. The lowest BCUT2D eigenvalue weighted by atomic mass is 10.1. The van der Waals surface area contributed by atoms with Gasteiger partial charge in [0.25, 0.3) is 0 Å². The van der Waals surface area contributed by atoms with Crippen LogP contribution in [0.25, 0.3) is 5.65 Å². The Balaban J connectivity index is 2.11. The first-order valence-electron chi connectivity index (χ1n) is 6.51. The van der Waals surface area contributed by atoms with Crippen molar-refractivity contribution in [1.82, 2.24) is 9.38 Å². The first-order chi connectivity index (χ1) is 10.5. The Labute approximate surface area is 124 Å². The van der Waals surface area contributed by atoms with Crippen molar-refractivity contribution < 1.29 is 13.2 Å². The van der Waals surface area contributed by atoms with Crippen molar-refractivity contribution in [2.45, 2.75) is 12.6 Å². The molecule has 0 fully saturated rings. The zero-order valence-electron chi connectivity index (χ0n) is 11.3. The number of hydrogen-bond donors (Lipinski definition) is 0. The third-order valence-corrected chi connectivity index (χ3v) is 3.34. The topological polar surface area (TPSA) is 41.1 Å². The Hall–Kier alpha value is -2.81. The van der Waals surface area contributed by atoms with Crippen molar-refractivity contribution >= 4 is 5.65 Å². The highest BCUT2D eigenvalue weighted by molar-refractivity contribution is 5.49. The minimum Gasteiger partial charge on any atom is -0.290 e.